The van der Waals surface area contributed by atoms with E-state index in [0.717, 1.165) is 16.7 Å². The van der Waals surface area contributed by atoms with Crippen molar-refractivity contribution in [2.24, 2.45) is 0 Å². The number of hydrogen-bond donors (Lipinski definition) is 2. The monoisotopic (exact) mass is 477 g/mol. The molecule has 0 radical (unpaired) electrons. The smallest absolute Gasteiger partial charge is 0.270 e. The first-order valence-corrected chi connectivity index (χ1v) is 11.6. The van der Waals surface area contributed by atoms with Gasteiger partial charge < -0.3 is 25.0 Å². The number of likely N-dealkylation sites (N-methyl/N-ethyl adjacent to an activating group) is 1. The summed E-state index contributed by atoms with van der Waals surface area (Å²) in [4.78, 5) is 48.7. The molecule has 0 saturated carbocycles. The molecule has 4 heterocycles. The Morgan fingerprint density at radius 2 is 1.94 bits per heavy atom. The molecule has 2 aromatic rings. The Balaban J connectivity index is 1.43. The number of aromatic nitrogens is 2. The molecule has 0 fully saturated rings. The molecule has 0 aromatic carbocycles. The summed E-state index contributed by atoms with van der Waals surface area (Å²) < 4.78 is 11.1. The predicted octanol–water partition coefficient (Wildman–Crippen LogP) is 0.714. The van der Waals surface area contributed by atoms with E-state index in [1.165, 1.54) is 4.90 Å². The van der Waals surface area contributed by atoms with E-state index in [4.69, 9.17) is 9.47 Å². The summed E-state index contributed by atoms with van der Waals surface area (Å²) in [5.74, 6) is -0.218. The normalized spacial score (nSPS) is 23.9. The number of nitrogens with zero attached hydrogens (tertiary/aromatic N) is 3. The maximum absolute atomic E-state index is 13.1. The van der Waals surface area contributed by atoms with Crippen LogP contribution in [0.15, 0.2) is 30.5 Å². The highest BCUT2D eigenvalue weighted by atomic mass is 16.5. The van der Waals surface area contributed by atoms with Crippen LogP contribution in [0.4, 0.5) is 5.82 Å². The molecule has 1 atom stereocenters. The molecule has 35 heavy (non-hydrogen) atoms. The Kier molecular flexibility index (Phi) is 6.31. The minimum Gasteiger partial charge on any atom is -0.377 e. The molecule has 0 saturated heterocycles. The SMILES string of the molecule is CN1CCOCCOC/C=C/c2cnc3c(c2)C2(Cc4ccc(nc4C2)C(=O)NCC1=O)C(=O)N3. The van der Waals surface area contributed by atoms with Crippen LogP contribution in [0.3, 0.4) is 0 Å². The van der Waals surface area contributed by atoms with Gasteiger partial charge in [0.1, 0.15) is 11.5 Å². The lowest BCUT2D eigenvalue weighted by Crippen LogP contribution is -2.39. The number of amides is 3. The van der Waals surface area contributed by atoms with E-state index in [1.807, 2.05) is 24.3 Å². The third-order valence-corrected chi connectivity index (χ3v) is 6.65. The molecule has 1 aliphatic carbocycles. The first-order valence-electron chi connectivity index (χ1n) is 11.6. The molecule has 182 valence electrons. The number of fused-ring (bicyclic) bond motifs is 2. The van der Waals surface area contributed by atoms with Gasteiger partial charge in [-0.05, 0) is 29.7 Å². The zero-order chi connectivity index (χ0) is 24.4. The van der Waals surface area contributed by atoms with Gasteiger partial charge in [0.05, 0.1) is 38.4 Å². The Hall–Kier alpha value is -3.63. The Morgan fingerprint density at radius 1 is 1.09 bits per heavy atom. The summed E-state index contributed by atoms with van der Waals surface area (Å²) in [6.07, 6.45) is 6.39. The van der Waals surface area contributed by atoms with Crippen molar-refractivity contribution in [2.75, 3.05) is 51.9 Å². The number of hydrogen-bond acceptors (Lipinski definition) is 7. The van der Waals surface area contributed by atoms with E-state index in [1.54, 1.807) is 19.3 Å². The van der Waals surface area contributed by atoms with Gasteiger partial charge in [0.25, 0.3) is 5.91 Å². The van der Waals surface area contributed by atoms with Gasteiger partial charge in [-0.3, -0.25) is 14.4 Å². The first-order chi connectivity index (χ1) is 17.0. The van der Waals surface area contributed by atoms with Gasteiger partial charge in [0.2, 0.25) is 11.8 Å². The van der Waals surface area contributed by atoms with Crippen LogP contribution in [0.5, 0.6) is 0 Å². The minimum absolute atomic E-state index is 0.114. The third kappa shape index (κ3) is 4.54. The molecule has 2 N–H and O–H groups in total. The summed E-state index contributed by atoms with van der Waals surface area (Å²) in [6, 6.07) is 5.45. The van der Waals surface area contributed by atoms with Crippen LogP contribution in [-0.4, -0.2) is 79.2 Å². The number of carbonyl (C=O) groups is 3. The van der Waals surface area contributed by atoms with Crippen molar-refractivity contribution >= 4 is 29.6 Å². The Labute approximate surface area is 202 Å². The van der Waals surface area contributed by atoms with Gasteiger partial charge in [-0.25, -0.2) is 9.97 Å². The molecule has 10 heteroatoms. The van der Waals surface area contributed by atoms with E-state index >= 15 is 0 Å². The van der Waals surface area contributed by atoms with Crippen molar-refractivity contribution in [1.29, 1.82) is 0 Å². The van der Waals surface area contributed by atoms with Crippen LogP contribution in [0.2, 0.25) is 0 Å². The molecule has 2 aromatic heterocycles. The topological polar surface area (TPSA) is 123 Å². The fourth-order valence-corrected chi connectivity index (χ4v) is 4.64. The molecule has 2 aliphatic heterocycles. The Bertz CT molecular complexity index is 1210. The maximum atomic E-state index is 13.1. The zero-order valence-corrected chi connectivity index (χ0v) is 19.5. The largest absolute Gasteiger partial charge is 0.377 e. The minimum atomic E-state index is -0.805. The van der Waals surface area contributed by atoms with Gasteiger partial charge in [0.15, 0.2) is 0 Å². The molecule has 10 nitrogen and oxygen atoms in total. The number of carbonyl (C=O) groups excluding carboxylic acids is 3. The molecular formula is C25H27N5O5. The second-order valence-corrected chi connectivity index (χ2v) is 8.94. The molecule has 3 amide bonds. The summed E-state index contributed by atoms with van der Waals surface area (Å²) in [5.41, 5.74) is 2.75. The summed E-state index contributed by atoms with van der Waals surface area (Å²) in [7, 11) is 1.66. The average Bonchev–Trinajstić information content (AvgIpc) is 3.37. The van der Waals surface area contributed by atoms with Crippen LogP contribution < -0.4 is 10.6 Å². The van der Waals surface area contributed by atoms with E-state index in [2.05, 4.69) is 20.6 Å². The van der Waals surface area contributed by atoms with Crippen LogP contribution in [0.25, 0.3) is 6.08 Å². The fraction of sp³-hybridized carbons (Fsp3) is 0.400. The highest BCUT2D eigenvalue weighted by Crippen LogP contribution is 2.46. The summed E-state index contributed by atoms with van der Waals surface area (Å²) in [6.45, 7) is 1.89. The summed E-state index contributed by atoms with van der Waals surface area (Å²) >= 11 is 0. The predicted molar refractivity (Wildman–Crippen MR) is 127 cm³/mol. The van der Waals surface area contributed by atoms with Crippen LogP contribution >= 0.6 is 0 Å². The lowest BCUT2D eigenvalue weighted by atomic mass is 9.79. The van der Waals surface area contributed by atoms with Crippen molar-refractivity contribution in [1.82, 2.24) is 20.2 Å². The molecule has 5 rings (SSSR count). The van der Waals surface area contributed by atoms with Gasteiger partial charge in [-0.15, -0.1) is 0 Å². The van der Waals surface area contributed by atoms with Crippen molar-refractivity contribution in [3.05, 3.63) is 58.6 Å². The Morgan fingerprint density at radius 3 is 2.83 bits per heavy atom. The second-order valence-electron chi connectivity index (χ2n) is 8.94. The van der Waals surface area contributed by atoms with Gasteiger partial charge in [-0.2, -0.15) is 0 Å². The highest BCUT2D eigenvalue weighted by Gasteiger charge is 2.52. The maximum Gasteiger partial charge on any atom is 0.270 e. The van der Waals surface area contributed by atoms with Gasteiger partial charge in [-0.1, -0.05) is 18.2 Å². The van der Waals surface area contributed by atoms with Crippen LogP contribution in [0, 0.1) is 0 Å². The lowest BCUT2D eigenvalue weighted by molar-refractivity contribution is -0.129. The number of anilines is 1. The first kappa shape index (κ1) is 23.1. The number of ether oxygens (including phenoxy) is 2. The molecule has 1 unspecified atom stereocenters. The van der Waals surface area contributed by atoms with E-state index in [-0.39, 0.29) is 24.1 Å². The quantitative estimate of drug-likeness (QED) is 0.573. The van der Waals surface area contributed by atoms with Crippen LogP contribution in [0.1, 0.15) is 32.9 Å². The zero-order valence-electron chi connectivity index (χ0n) is 19.5. The fourth-order valence-electron chi connectivity index (χ4n) is 4.64. The number of nitrogens with one attached hydrogen (secondary N) is 2. The third-order valence-electron chi connectivity index (χ3n) is 6.65. The molecular weight excluding hydrogens is 450 g/mol. The molecule has 1 spiro atoms. The lowest BCUT2D eigenvalue weighted by Gasteiger charge is -2.20. The summed E-state index contributed by atoms with van der Waals surface area (Å²) in [5, 5.41) is 5.55. The highest BCUT2D eigenvalue weighted by molar-refractivity contribution is 6.06. The van der Waals surface area contributed by atoms with Crippen LogP contribution in [-0.2, 0) is 37.3 Å². The second kappa shape index (κ2) is 9.55. The van der Waals surface area contributed by atoms with Crippen molar-refractivity contribution in [2.45, 2.75) is 18.3 Å². The van der Waals surface area contributed by atoms with Crippen molar-refractivity contribution in [3.63, 3.8) is 0 Å². The van der Waals surface area contributed by atoms with E-state index < -0.39 is 11.3 Å². The number of pyridine rings is 2. The molecule has 3 aliphatic rings. The van der Waals surface area contributed by atoms with Gasteiger partial charge in [0, 0.05) is 37.5 Å². The van der Waals surface area contributed by atoms with Gasteiger partial charge >= 0.3 is 0 Å². The van der Waals surface area contributed by atoms with Crippen molar-refractivity contribution in [3.8, 4) is 0 Å². The average molecular weight is 478 g/mol. The van der Waals surface area contributed by atoms with E-state index in [0.29, 0.717) is 57.3 Å². The number of rotatable bonds is 0. The van der Waals surface area contributed by atoms with E-state index in [9.17, 15) is 14.4 Å². The standard InChI is InChI=1S/C25H27N5O5/c1-30-6-8-35-10-9-34-7-2-3-16-11-18-22(26-14-16)29-24(33)25(18)12-17-4-5-19(28-20(17)13-25)23(32)27-15-21(30)31/h2-5,11,14H,6-10,12-13,15H2,1H3,(H,27,32)(H,26,29,33)/b3-2+. The molecule has 5 bridgehead atoms. The van der Waals surface area contributed by atoms with Crippen molar-refractivity contribution < 1.29 is 23.9 Å².